The fraction of sp³-hybridized carbons (Fsp3) is 0.344. The maximum atomic E-state index is 13.1. The molecule has 0 spiro atoms. The van der Waals surface area contributed by atoms with Crippen LogP contribution in [-0.2, 0) is 4.74 Å². The number of aliphatic hydroxyl groups excluding tert-OH is 1. The maximum absolute atomic E-state index is 13.1. The number of carbonyl (C=O) groups excluding carboxylic acids is 2. The number of nitrogens with zero attached hydrogens (tertiary/aromatic N) is 3. The number of hydrogen-bond donors (Lipinski definition) is 3. The number of amides is 2. The van der Waals surface area contributed by atoms with Crippen molar-refractivity contribution in [2.75, 3.05) is 58.9 Å². The van der Waals surface area contributed by atoms with Crippen LogP contribution in [-0.4, -0.2) is 80.2 Å². The highest BCUT2D eigenvalue weighted by atomic mass is 16.5. The molecule has 0 unspecified atom stereocenters. The predicted octanol–water partition coefficient (Wildman–Crippen LogP) is 4.78. The number of aromatic nitrogens is 2. The summed E-state index contributed by atoms with van der Waals surface area (Å²) in [6.45, 7) is 3.46. The van der Waals surface area contributed by atoms with Gasteiger partial charge in [-0.3, -0.25) is 13.8 Å². The lowest BCUT2D eigenvalue weighted by Gasteiger charge is -2.40. The number of nitrogens with one attached hydrogen (secondary N) is 2. The third-order valence-corrected chi connectivity index (χ3v) is 7.81. The van der Waals surface area contributed by atoms with Crippen molar-refractivity contribution >= 4 is 34.3 Å². The fourth-order valence-electron chi connectivity index (χ4n) is 5.57. The van der Waals surface area contributed by atoms with Crippen molar-refractivity contribution in [3.05, 3.63) is 72.6 Å². The van der Waals surface area contributed by atoms with E-state index in [0.29, 0.717) is 47.3 Å². The summed E-state index contributed by atoms with van der Waals surface area (Å²) in [5.41, 5.74) is 2.29. The second kappa shape index (κ2) is 13.7. The number of piperidine rings is 1. The Morgan fingerprint density at radius 1 is 1.00 bits per heavy atom. The highest BCUT2D eigenvalue weighted by Crippen LogP contribution is 2.37. The lowest BCUT2D eigenvalue weighted by atomic mass is 10.0. The number of likely N-dealkylation sites (tertiary alicyclic amines) is 1. The normalized spacial score (nSPS) is 14.3. The van der Waals surface area contributed by atoms with Gasteiger partial charge in [0.15, 0.2) is 11.5 Å². The van der Waals surface area contributed by atoms with E-state index < -0.39 is 0 Å². The molecule has 4 aromatic rings. The molecule has 2 amide bonds. The van der Waals surface area contributed by atoms with Gasteiger partial charge in [0.2, 0.25) is 0 Å². The standard InChI is InChI=1S/C32H37N5O6/c1-33-32(40)36-13-11-24-20-29(28(22-27(24)36)42-19-18-41-2)43-26-10-12-34-30(21-26)35-31(39)23-6-8-25(9-7-23)37(16-17-38)14-4-3-5-15-37/h6-13,20-22,38H,3-5,14-19H2,1-2H3,(H-,33,34,35,39,40)/p+1. The van der Waals surface area contributed by atoms with Crippen molar-refractivity contribution in [3.63, 3.8) is 0 Å². The van der Waals surface area contributed by atoms with Gasteiger partial charge in [-0.2, -0.15) is 0 Å². The number of pyridine rings is 1. The minimum atomic E-state index is -0.288. The van der Waals surface area contributed by atoms with Crippen LogP contribution in [0, 0.1) is 0 Å². The molecule has 0 bridgehead atoms. The van der Waals surface area contributed by atoms with E-state index in [1.54, 1.807) is 50.8 Å². The molecule has 0 radical (unpaired) electrons. The van der Waals surface area contributed by atoms with Crippen molar-refractivity contribution < 1.29 is 28.9 Å². The van der Waals surface area contributed by atoms with Crippen LogP contribution < -0.4 is 24.6 Å². The summed E-state index contributed by atoms with van der Waals surface area (Å²) >= 11 is 0. The van der Waals surface area contributed by atoms with E-state index in [-0.39, 0.29) is 25.2 Å². The molecule has 11 heteroatoms. The first kappa shape index (κ1) is 30.0. The SMILES string of the molecule is CNC(=O)n1ccc2cc(Oc3ccnc(NC(=O)c4ccc([N+]5(CCO)CCCCC5)cc4)c3)c(OCCOC)cc21. The number of quaternary nitrogens is 1. The third kappa shape index (κ3) is 6.80. The number of rotatable bonds is 11. The first-order valence-corrected chi connectivity index (χ1v) is 14.5. The van der Waals surface area contributed by atoms with Crippen LogP contribution in [0.2, 0.25) is 0 Å². The zero-order chi connectivity index (χ0) is 30.2. The first-order chi connectivity index (χ1) is 21.0. The van der Waals surface area contributed by atoms with Gasteiger partial charge in [0.05, 0.1) is 31.8 Å². The van der Waals surface area contributed by atoms with Gasteiger partial charge in [0.1, 0.15) is 30.4 Å². The topological polar surface area (TPSA) is 124 Å². The summed E-state index contributed by atoms with van der Waals surface area (Å²) in [6.07, 6.45) is 6.70. The Kier molecular flexibility index (Phi) is 9.55. The summed E-state index contributed by atoms with van der Waals surface area (Å²) in [5.74, 6) is 1.37. The van der Waals surface area contributed by atoms with E-state index in [1.807, 2.05) is 30.3 Å². The van der Waals surface area contributed by atoms with Gasteiger partial charge in [-0.15, -0.1) is 0 Å². The molecule has 1 fully saturated rings. The first-order valence-electron chi connectivity index (χ1n) is 14.5. The highest BCUT2D eigenvalue weighted by molar-refractivity contribution is 6.04. The number of carbonyl (C=O) groups is 2. The van der Waals surface area contributed by atoms with Crippen LogP contribution in [0.3, 0.4) is 0 Å². The molecule has 226 valence electrons. The average Bonchev–Trinajstić information content (AvgIpc) is 3.44. The molecule has 1 aliphatic heterocycles. The fourth-order valence-corrected chi connectivity index (χ4v) is 5.57. The molecule has 43 heavy (non-hydrogen) atoms. The zero-order valence-electron chi connectivity index (χ0n) is 24.5. The minimum absolute atomic E-state index is 0.129. The molecular formula is C32H38N5O6+. The van der Waals surface area contributed by atoms with E-state index in [4.69, 9.17) is 14.2 Å². The monoisotopic (exact) mass is 588 g/mol. The number of hydrogen-bond acceptors (Lipinski definition) is 7. The van der Waals surface area contributed by atoms with Gasteiger partial charge in [-0.25, -0.2) is 9.78 Å². The molecule has 0 aliphatic carbocycles. The number of fused-ring (bicyclic) bond motifs is 1. The van der Waals surface area contributed by atoms with Gasteiger partial charge in [-0.05, 0) is 61.7 Å². The van der Waals surface area contributed by atoms with Gasteiger partial charge in [0.25, 0.3) is 5.91 Å². The Hall–Kier alpha value is -4.45. The predicted molar refractivity (Wildman–Crippen MR) is 165 cm³/mol. The summed E-state index contributed by atoms with van der Waals surface area (Å²) in [5, 5.41) is 16.0. The molecule has 1 saturated heterocycles. The molecule has 5 rings (SSSR count). The average molecular weight is 589 g/mol. The van der Waals surface area contributed by atoms with E-state index in [0.717, 1.165) is 41.5 Å². The Bertz CT molecular complexity index is 1560. The molecule has 3 heterocycles. The zero-order valence-corrected chi connectivity index (χ0v) is 24.5. The van der Waals surface area contributed by atoms with Gasteiger partial charge >= 0.3 is 6.03 Å². The van der Waals surface area contributed by atoms with Crippen molar-refractivity contribution in [3.8, 4) is 17.2 Å². The second-order valence-corrected chi connectivity index (χ2v) is 10.5. The summed E-state index contributed by atoms with van der Waals surface area (Å²) in [6, 6.07) is 16.0. The summed E-state index contributed by atoms with van der Waals surface area (Å²) in [4.78, 5) is 29.7. The van der Waals surface area contributed by atoms with Crippen LogP contribution in [0.25, 0.3) is 10.9 Å². The molecule has 0 saturated carbocycles. The minimum Gasteiger partial charge on any atom is -0.487 e. The number of anilines is 1. The maximum Gasteiger partial charge on any atom is 0.325 e. The number of aliphatic hydroxyl groups is 1. The van der Waals surface area contributed by atoms with Crippen molar-refractivity contribution in [1.29, 1.82) is 0 Å². The van der Waals surface area contributed by atoms with E-state index in [2.05, 4.69) is 15.6 Å². The molecule has 1 aliphatic rings. The summed E-state index contributed by atoms with van der Waals surface area (Å²) in [7, 11) is 3.16. The molecule has 2 aromatic carbocycles. The third-order valence-electron chi connectivity index (χ3n) is 7.81. The molecule has 11 nitrogen and oxygen atoms in total. The molecular weight excluding hydrogens is 550 g/mol. The Morgan fingerprint density at radius 3 is 2.51 bits per heavy atom. The molecule has 0 atom stereocenters. The smallest absolute Gasteiger partial charge is 0.325 e. The Balaban J connectivity index is 1.33. The van der Waals surface area contributed by atoms with Crippen LogP contribution in [0.15, 0.2) is 67.0 Å². The van der Waals surface area contributed by atoms with Crippen molar-refractivity contribution in [2.24, 2.45) is 0 Å². The lowest BCUT2D eigenvalue weighted by Crippen LogP contribution is -2.54. The lowest BCUT2D eigenvalue weighted by molar-refractivity contribution is 0.102. The van der Waals surface area contributed by atoms with E-state index >= 15 is 0 Å². The van der Waals surface area contributed by atoms with E-state index in [9.17, 15) is 14.7 Å². The number of benzene rings is 2. The van der Waals surface area contributed by atoms with Gasteiger partial charge in [-0.1, -0.05) is 0 Å². The number of methoxy groups -OCH3 is 1. The van der Waals surface area contributed by atoms with Crippen LogP contribution in [0.4, 0.5) is 16.3 Å². The largest absolute Gasteiger partial charge is 0.487 e. The Morgan fingerprint density at radius 2 is 1.79 bits per heavy atom. The van der Waals surface area contributed by atoms with E-state index in [1.165, 1.54) is 11.0 Å². The van der Waals surface area contributed by atoms with Gasteiger partial charge in [0, 0.05) is 49.6 Å². The van der Waals surface area contributed by atoms with Crippen LogP contribution >= 0.6 is 0 Å². The molecule has 3 N–H and O–H groups in total. The quantitative estimate of drug-likeness (QED) is 0.170. The van der Waals surface area contributed by atoms with Gasteiger partial charge < -0.3 is 30.0 Å². The second-order valence-electron chi connectivity index (χ2n) is 10.5. The van der Waals surface area contributed by atoms with Crippen molar-refractivity contribution in [2.45, 2.75) is 19.3 Å². The highest BCUT2D eigenvalue weighted by Gasteiger charge is 2.32. The number of ether oxygens (including phenoxy) is 3. The van der Waals surface area contributed by atoms with Crippen molar-refractivity contribution in [1.82, 2.24) is 19.4 Å². The van der Waals surface area contributed by atoms with Crippen LogP contribution in [0.5, 0.6) is 17.2 Å². The van der Waals surface area contributed by atoms with Crippen LogP contribution in [0.1, 0.15) is 29.6 Å². The summed E-state index contributed by atoms with van der Waals surface area (Å²) < 4.78 is 19.5. The molecule has 2 aromatic heterocycles. The Labute approximate surface area is 250 Å².